The van der Waals surface area contributed by atoms with Crippen molar-refractivity contribution in [2.45, 2.75) is 62.6 Å². The molecule has 1 unspecified atom stereocenters. The van der Waals surface area contributed by atoms with Crippen LogP contribution < -0.4 is 29.9 Å². The van der Waals surface area contributed by atoms with E-state index in [0.29, 0.717) is 34.6 Å². The number of benzene rings is 2. The minimum absolute atomic E-state index is 0.0117. The lowest BCUT2D eigenvalue weighted by atomic mass is 9.78. The molecule has 0 saturated heterocycles. The highest BCUT2D eigenvalue weighted by Gasteiger charge is 2.40. The van der Waals surface area contributed by atoms with Gasteiger partial charge in [-0.3, -0.25) is 14.6 Å². The number of amides is 3. The van der Waals surface area contributed by atoms with Crippen LogP contribution in [0.3, 0.4) is 0 Å². The van der Waals surface area contributed by atoms with Crippen molar-refractivity contribution in [2.75, 3.05) is 36.4 Å². The summed E-state index contributed by atoms with van der Waals surface area (Å²) in [5.74, 6) is 0.871. The van der Waals surface area contributed by atoms with Gasteiger partial charge in [0.1, 0.15) is 11.6 Å². The molecule has 2 aromatic carbocycles. The number of nitrogens with one attached hydrogen (secondary N) is 2. The molecule has 6 rings (SSSR count). The van der Waals surface area contributed by atoms with Gasteiger partial charge in [-0.2, -0.15) is 4.98 Å². The first-order valence-electron chi connectivity index (χ1n) is 14.9. The Balaban J connectivity index is 1.29. The van der Waals surface area contributed by atoms with E-state index in [0.717, 1.165) is 32.1 Å². The molecular weight excluding hydrogens is 563 g/mol. The molecule has 3 amide bonds. The maximum absolute atomic E-state index is 15.9. The highest BCUT2D eigenvalue weighted by molar-refractivity contribution is 6.06. The molecule has 1 aliphatic heterocycles. The molecule has 3 aromatic rings. The first kappa shape index (κ1) is 29.4. The van der Waals surface area contributed by atoms with Crippen LogP contribution in [0.25, 0.3) is 0 Å². The molecule has 2 N–H and O–H groups in total. The number of hydrogen-bond acceptors (Lipinski definition) is 7. The summed E-state index contributed by atoms with van der Waals surface area (Å²) < 4.78 is 26.8. The molecule has 44 heavy (non-hydrogen) atoms. The van der Waals surface area contributed by atoms with E-state index < -0.39 is 11.8 Å². The Morgan fingerprint density at radius 2 is 1.80 bits per heavy atom. The Morgan fingerprint density at radius 3 is 2.48 bits per heavy atom. The lowest BCUT2D eigenvalue weighted by Gasteiger charge is -2.38. The van der Waals surface area contributed by atoms with Crippen LogP contribution in [0.4, 0.5) is 26.6 Å². The molecule has 2 aliphatic carbocycles. The summed E-state index contributed by atoms with van der Waals surface area (Å²) >= 11 is 0. The number of nitrogens with zero attached hydrogens (tertiary/aromatic N) is 4. The highest BCUT2D eigenvalue weighted by atomic mass is 19.1. The molecule has 0 bridgehead atoms. The zero-order valence-corrected chi connectivity index (χ0v) is 25.2. The smallest absolute Gasteiger partial charge is 0.330 e. The number of hydrogen-bond donors (Lipinski definition) is 2. The van der Waals surface area contributed by atoms with E-state index in [-0.39, 0.29) is 41.9 Å². The van der Waals surface area contributed by atoms with Crippen LogP contribution in [0.5, 0.6) is 11.5 Å². The Bertz CT molecular complexity index is 1580. The van der Waals surface area contributed by atoms with Gasteiger partial charge in [-0.25, -0.2) is 14.2 Å². The SMILES string of the molecule is C=CC(=O)N[C@H]1CCC(c2ccccc2)C[C@H]1Nc1ncc2c(n1)N(C)C(=O)N(c1c(F)c(OC)cc(OC)c1C1CC1)C2. The van der Waals surface area contributed by atoms with Crippen molar-refractivity contribution >= 4 is 29.4 Å². The van der Waals surface area contributed by atoms with E-state index in [1.54, 1.807) is 13.2 Å². The monoisotopic (exact) mass is 600 g/mol. The van der Waals surface area contributed by atoms with E-state index in [4.69, 9.17) is 14.5 Å². The van der Waals surface area contributed by atoms with Gasteiger partial charge in [0.25, 0.3) is 0 Å². The predicted molar refractivity (Wildman–Crippen MR) is 166 cm³/mol. The lowest BCUT2D eigenvalue weighted by molar-refractivity contribution is -0.117. The first-order valence-corrected chi connectivity index (χ1v) is 14.9. The number of methoxy groups -OCH3 is 2. The summed E-state index contributed by atoms with van der Waals surface area (Å²) in [5.41, 5.74) is 2.76. The number of fused-ring (bicyclic) bond motifs is 1. The third-order valence-corrected chi connectivity index (χ3v) is 8.86. The van der Waals surface area contributed by atoms with E-state index in [2.05, 4.69) is 34.3 Å². The van der Waals surface area contributed by atoms with E-state index in [9.17, 15) is 9.59 Å². The fourth-order valence-electron chi connectivity index (χ4n) is 6.45. The van der Waals surface area contributed by atoms with Crippen molar-refractivity contribution in [2.24, 2.45) is 0 Å². The number of anilines is 3. The summed E-state index contributed by atoms with van der Waals surface area (Å²) in [5, 5.41) is 6.50. The zero-order valence-electron chi connectivity index (χ0n) is 25.2. The molecule has 3 atom stereocenters. The van der Waals surface area contributed by atoms with Crippen molar-refractivity contribution in [3.8, 4) is 11.5 Å². The van der Waals surface area contributed by atoms with Gasteiger partial charge in [0.2, 0.25) is 11.9 Å². The van der Waals surface area contributed by atoms with Gasteiger partial charge in [-0.15, -0.1) is 0 Å². The first-order chi connectivity index (χ1) is 21.3. The van der Waals surface area contributed by atoms with Gasteiger partial charge in [0.05, 0.1) is 26.5 Å². The predicted octanol–water partition coefficient (Wildman–Crippen LogP) is 5.51. The number of urea groups is 1. The minimum atomic E-state index is -0.600. The van der Waals surface area contributed by atoms with E-state index in [1.807, 2.05) is 18.2 Å². The normalized spacial score (nSPS) is 21.4. The molecule has 11 heteroatoms. The van der Waals surface area contributed by atoms with Crippen LogP contribution in [0.1, 0.15) is 60.6 Å². The van der Waals surface area contributed by atoms with Gasteiger partial charge in [-0.05, 0) is 55.6 Å². The van der Waals surface area contributed by atoms with Crippen LogP contribution in [0.15, 0.2) is 55.3 Å². The second-order valence-electron chi connectivity index (χ2n) is 11.6. The topological polar surface area (TPSA) is 109 Å². The molecule has 0 radical (unpaired) electrons. The van der Waals surface area contributed by atoms with Gasteiger partial charge in [-0.1, -0.05) is 36.9 Å². The molecule has 2 heterocycles. The Kier molecular flexibility index (Phi) is 8.11. The number of rotatable bonds is 9. The fraction of sp³-hybridized carbons (Fsp3) is 0.394. The van der Waals surface area contributed by atoms with Crippen molar-refractivity contribution < 1.29 is 23.5 Å². The fourth-order valence-corrected chi connectivity index (χ4v) is 6.45. The van der Waals surface area contributed by atoms with Gasteiger partial charge in [0, 0.05) is 42.5 Å². The van der Waals surface area contributed by atoms with Gasteiger partial charge >= 0.3 is 6.03 Å². The van der Waals surface area contributed by atoms with Crippen molar-refractivity contribution in [3.05, 3.63) is 77.8 Å². The summed E-state index contributed by atoms with van der Waals surface area (Å²) in [7, 11) is 4.54. The standard InChI is InChI=1S/C33H37FN6O4/c1-5-27(41)36-23-14-13-21(19-9-7-6-8-10-19)15-24(23)37-32-35-17-22-18-40(33(42)39(2)31(22)38-32)30-28(20-11-12-20)25(43-3)16-26(44-4)29(30)34/h5-10,16-17,20-21,23-24H,1,11-15,18H2,2-4H3,(H,36,41)(H,35,37,38)/t21?,23-,24+/m0/s1. The Morgan fingerprint density at radius 1 is 1.07 bits per heavy atom. The third-order valence-electron chi connectivity index (χ3n) is 8.86. The maximum atomic E-state index is 15.9. The molecule has 2 fully saturated rings. The average molecular weight is 601 g/mol. The molecule has 2 saturated carbocycles. The highest BCUT2D eigenvalue weighted by Crippen LogP contribution is 2.52. The molecule has 3 aliphatic rings. The van der Waals surface area contributed by atoms with Crippen LogP contribution in [0.2, 0.25) is 0 Å². The van der Waals surface area contributed by atoms with Gasteiger partial charge < -0.3 is 20.1 Å². The van der Waals surface area contributed by atoms with Gasteiger partial charge in [0.15, 0.2) is 11.6 Å². The van der Waals surface area contributed by atoms with Crippen molar-refractivity contribution in [1.29, 1.82) is 0 Å². The van der Waals surface area contributed by atoms with E-state index in [1.165, 1.54) is 41.7 Å². The van der Waals surface area contributed by atoms with Crippen LogP contribution >= 0.6 is 0 Å². The number of aromatic nitrogens is 2. The molecule has 0 spiro atoms. The molecular formula is C33H37FN6O4. The zero-order chi connectivity index (χ0) is 31.0. The molecule has 10 nitrogen and oxygen atoms in total. The Hall–Kier alpha value is -4.67. The van der Waals surface area contributed by atoms with E-state index >= 15 is 4.39 Å². The summed E-state index contributed by atoms with van der Waals surface area (Å²) in [6.45, 7) is 3.68. The lowest BCUT2D eigenvalue weighted by Crippen LogP contribution is -2.50. The number of carbonyl (C=O) groups excluding carboxylic acids is 2. The summed E-state index contributed by atoms with van der Waals surface area (Å²) in [6, 6.07) is 11.1. The van der Waals surface area contributed by atoms with Crippen LogP contribution in [-0.2, 0) is 11.3 Å². The quantitative estimate of drug-likeness (QED) is 0.312. The largest absolute Gasteiger partial charge is 0.496 e. The van der Waals surface area contributed by atoms with Crippen molar-refractivity contribution in [3.63, 3.8) is 0 Å². The number of halogens is 1. The minimum Gasteiger partial charge on any atom is -0.496 e. The molecule has 1 aromatic heterocycles. The number of carbonyl (C=O) groups is 2. The summed E-state index contributed by atoms with van der Waals surface area (Å²) in [6.07, 6.45) is 7.18. The van der Waals surface area contributed by atoms with Crippen LogP contribution in [0, 0.1) is 5.82 Å². The Labute approximate surface area is 256 Å². The molecule has 230 valence electrons. The average Bonchev–Trinajstić information content (AvgIpc) is 3.89. The second-order valence-corrected chi connectivity index (χ2v) is 11.6. The number of ether oxygens (including phenoxy) is 2. The maximum Gasteiger partial charge on any atom is 0.330 e. The van der Waals surface area contributed by atoms with Crippen LogP contribution in [-0.4, -0.2) is 55.3 Å². The summed E-state index contributed by atoms with van der Waals surface area (Å²) in [4.78, 5) is 38.2. The second kappa shape index (κ2) is 12.1. The van der Waals surface area contributed by atoms with Crippen molar-refractivity contribution in [1.82, 2.24) is 15.3 Å². The third kappa shape index (κ3) is 5.54.